The van der Waals surface area contributed by atoms with E-state index in [-0.39, 0.29) is 24.5 Å². The van der Waals surface area contributed by atoms with Gasteiger partial charge in [0.2, 0.25) is 0 Å². The van der Waals surface area contributed by atoms with E-state index >= 15 is 0 Å². The first-order chi connectivity index (χ1) is 14.6. The Morgan fingerprint density at radius 2 is 2.03 bits per heavy atom. The molecule has 0 aliphatic carbocycles. The summed E-state index contributed by atoms with van der Waals surface area (Å²) in [5.41, 5.74) is 0.998. The van der Waals surface area contributed by atoms with Crippen LogP contribution < -0.4 is 14.8 Å². The van der Waals surface area contributed by atoms with Gasteiger partial charge in [-0.05, 0) is 25.0 Å². The van der Waals surface area contributed by atoms with E-state index in [0.717, 1.165) is 17.8 Å². The van der Waals surface area contributed by atoms with Crippen LogP contribution in [0.25, 0.3) is 0 Å². The zero-order valence-electron chi connectivity index (χ0n) is 16.3. The smallest absolute Gasteiger partial charge is 0.410 e. The maximum atomic E-state index is 12.6. The Labute approximate surface area is 178 Å². The molecule has 0 atom stereocenters. The number of aromatic nitrogens is 1. The zero-order valence-corrected chi connectivity index (χ0v) is 17.1. The molecule has 0 unspecified atom stereocenters. The number of hydrogen-bond donors (Lipinski definition) is 1. The number of amides is 2. The molecule has 0 radical (unpaired) electrons. The van der Waals surface area contributed by atoms with Gasteiger partial charge in [-0.2, -0.15) is 0 Å². The number of thiazole rings is 1. The minimum absolute atomic E-state index is 0.0208. The third-order valence-electron chi connectivity index (χ3n) is 4.94. The molecule has 0 spiro atoms. The third kappa shape index (κ3) is 4.49. The normalized spacial score (nSPS) is 15.9. The van der Waals surface area contributed by atoms with E-state index in [0.29, 0.717) is 49.2 Å². The van der Waals surface area contributed by atoms with Crippen LogP contribution >= 0.6 is 11.3 Å². The average Bonchev–Trinajstić information content (AvgIpc) is 3.28. The first-order valence-corrected chi connectivity index (χ1v) is 10.5. The van der Waals surface area contributed by atoms with Crippen molar-refractivity contribution in [1.82, 2.24) is 9.88 Å². The first kappa shape index (κ1) is 20.0. The molecular formula is C21H21N3O5S. The van der Waals surface area contributed by atoms with Gasteiger partial charge in [0, 0.05) is 36.1 Å². The maximum Gasteiger partial charge on any atom is 0.410 e. The molecule has 9 heteroatoms. The van der Waals surface area contributed by atoms with Gasteiger partial charge in [-0.1, -0.05) is 5.92 Å². The molecular weight excluding hydrogens is 406 g/mol. The molecule has 156 valence electrons. The van der Waals surface area contributed by atoms with Gasteiger partial charge in [-0.25, -0.2) is 9.78 Å². The molecule has 30 heavy (non-hydrogen) atoms. The van der Waals surface area contributed by atoms with Gasteiger partial charge < -0.3 is 24.4 Å². The fourth-order valence-corrected chi connectivity index (χ4v) is 4.37. The summed E-state index contributed by atoms with van der Waals surface area (Å²) in [5, 5.41) is 5.51. The Hall–Kier alpha value is -3.25. The van der Waals surface area contributed by atoms with E-state index in [1.165, 1.54) is 11.3 Å². The van der Waals surface area contributed by atoms with Crippen LogP contribution in [0.3, 0.4) is 0 Å². The van der Waals surface area contributed by atoms with Crippen molar-refractivity contribution in [3.05, 3.63) is 34.3 Å². The number of carbonyl (C=O) groups is 2. The zero-order chi connectivity index (χ0) is 20.9. The molecule has 1 fully saturated rings. The summed E-state index contributed by atoms with van der Waals surface area (Å²) in [6.45, 7) is 2.14. The van der Waals surface area contributed by atoms with Gasteiger partial charge >= 0.3 is 6.09 Å². The molecule has 1 N–H and O–H groups in total. The van der Waals surface area contributed by atoms with Crippen molar-refractivity contribution in [2.75, 3.05) is 38.2 Å². The Bertz CT molecular complexity index is 975. The number of nitrogens with one attached hydrogen (secondary N) is 1. The number of likely N-dealkylation sites (tertiary alicyclic amines) is 1. The fourth-order valence-electron chi connectivity index (χ4n) is 3.40. The number of benzene rings is 1. The summed E-state index contributed by atoms with van der Waals surface area (Å²) in [6, 6.07) is 5.29. The summed E-state index contributed by atoms with van der Waals surface area (Å²) in [7, 11) is 0. The molecule has 8 nitrogen and oxygen atoms in total. The molecule has 0 bridgehead atoms. The summed E-state index contributed by atoms with van der Waals surface area (Å²) in [6.07, 6.45) is 6.26. The lowest BCUT2D eigenvalue weighted by Crippen LogP contribution is -2.38. The van der Waals surface area contributed by atoms with Crippen LogP contribution in [0.4, 0.5) is 10.5 Å². The Balaban J connectivity index is 1.33. The molecule has 0 saturated carbocycles. The lowest BCUT2D eigenvalue weighted by Gasteiger charge is -2.30. The number of piperidine rings is 1. The van der Waals surface area contributed by atoms with Crippen LogP contribution in [0.15, 0.2) is 23.6 Å². The summed E-state index contributed by atoms with van der Waals surface area (Å²) in [5.74, 6) is 3.51. The highest BCUT2D eigenvalue weighted by atomic mass is 32.1. The van der Waals surface area contributed by atoms with E-state index in [4.69, 9.17) is 20.6 Å². The molecule has 1 aromatic heterocycles. The maximum absolute atomic E-state index is 12.6. The molecule has 2 amide bonds. The van der Waals surface area contributed by atoms with Gasteiger partial charge in [0.1, 0.15) is 18.9 Å². The highest BCUT2D eigenvalue weighted by Gasteiger charge is 2.27. The Morgan fingerprint density at radius 1 is 1.27 bits per heavy atom. The average molecular weight is 427 g/mol. The van der Waals surface area contributed by atoms with E-state index in [2.05, 4.69) is 16.2 Å². The monoisotopic (exact) mass is 427 g/mol. The number of fused-ring (bicyclic) bond motifs is 1. The van der Waals surface area contributed by atoms with Gasteiger partial charge in [-0.15, -0.1) is 17.8 Å². The summed E-state index contributed by atoms with van der Waals surface area (Å²) < 4.78 is 16.0. The van der Waals surface area contributed by atoms with Crippen LogP contribution in [-0.2, 0) is 4.74 Å². The topological polar surface area (TPSA) is 90.0 Å². The van der Waals surface area contributed by atoms with Crippen LogP contribution in [-0.4, -0.2) is 54.8 Å². The predicted molar refractivity (Wildman–Crippen MR) is 111 cm³/mol. The van der Waals surface area contributed by atoms with Crippen LogP contribution in [0.2, 0.25) is 0 Å². The molecule has 2 aliphatic heterocycles. The molecule has 2 aromatic rings. The highest BCUT2D eigenvalue weighted by Crippen LogP contribution is 2.33. The number of terminal acetylenes is 1. The predicted octanol–water partition coefficient (Wildman–Crippen LogP) is 3.12. The Morgan fingerprint density at radius 3 is 2.80 bits per heavy atom. The minimum atomic E-state index is -0.384. The Kier molecular flexibility index (Phi) is 6.05. The number of rotatable bonds is 4. The lowest BCUT2D eigenvalue weighted by atomic mass is 9.98. The minimum Gasteiger partial charge on any atom is -0.486 e. The van der Waals surface area contributed by atoms with Crippen LogP contribution in [0.1, 0.15) is 34.3 Å². The lowest BCUT2D eigenvalue weighted by molar-refractivity contribution is 0.102. The summed E-state index contributed by atoms with van der Waals surface area (Å²) in [4.78, 5) is 30.7. The van der Waals surface area contributed by atoms with E-state index in [9.17, 15) is 9.59 Å². The number of ether oxygens (including phenoxy) is 3. The quantitative estimate of drug-likeness (QED) is 0.754. The molecule has 4 rings (SSSR count). The van der Waals surface area contributed by atoms with Crippen LogP contribution in [0.5, 0.6) is 11.5 Å². The molecule has 3 heterocycles. The largest absolute Gasteiger partial charge is 0.486 e. The second-order valence-corrected chi connectivity index (χ2v) is 7.79. The van der Waals surface area contributed by atoms with Crippen molar-refractivity contribution in [3.63, 3.8) is 0 Å². The van der Waals surface area contributed by atoms with Crippen molar-refractivity contribution in [2.24, 2.45) is 0 Å². The summed E-state index contributed by atoms with van der Waals surface area (Å²) >= 11 is 1.46. The van der Waals surface area contributed by atoms with Gasteiger partial charge in [0.25, 0.3) is 5.91 Å². The third-order valence-corrected chi connectivity index (χ3v) is 5.94. The van der Waals surface area contributed by atoms with Crippen molar-refractivity contribution < 1.29 is 23.8 Å². The number of anilines is 1. The second-order valence-electron chi connectivity index (χ2n) is 6.90. The second kappa shape index (κ2) is 9.05. The SMILES string of the molecule is C#CCOC(=O)N1CCC(c2nc(C(=O)Nc3ccc4c(c3)OCCO4)cs2)CC1. The van der Waals surface area contributed by atoms with Crippen molar-refractivity contribution in [1.29, 1.82) is 0 Å². The molecule has 1 saturated heterocycles. The van der Waals surface area contributed by atoms with E-state index < -0.39 is 0 Å². The molecule has 1 aromatic carbocycles. The van der Waals surface area contributed by atoms with E-state index in [1.54, 1.807) is 28.5 Å². The fraction of sp³-hybridized carbons (Fsp3) is 0.381. The van der Waals surface area contributed by atoms with Crippen molar-refractivity contribution >= 4 is 29.0 Å². The van der Waals surface area contributed by atoms with Crippen molar-refractivity contribution in [3.8, 4) is 23.8 Å². The first-order valence-electron chi connectivity index (χ1n) is 9.65. The van der Waals surface area contributed by atoms with Gasteiger partial charge in [0.05, 0.1) is 5.01 Å². The van der Waals surface area contributed by atoms with Gasteiger partial charge in [0.15, 0.2) is 18.1 Å². The van der Waals surface area contributed by atoms with Crippen LogP contribution in [0, 0.1) is 12.3 Å². The highest BCUT2D eigenvalue weighted by molar-refractivity contribution is 7.10. The van der Waals surface area contributed by atoms with Gasteiger partial charge in [-0.3, -0.25) is 4.79 Å². The standard InChI is InChI=1S/C21H21N3O5S/c1-2-9-29-21(26)24-7-5-14(6-8-24)20-23-16(13-30-20)19(25)22-15-3-4-17-18(12-15)28-11-10-27-17/h1,3-4,12-14H,5-11H2,(H,22,25). The molecule has 2 aliphatic rings. The number of hydrogen-bond acceptors (Lipinski definition) is 7. The van der Waals surface area contributed by atoms with E-state index in [1.807, 2.05) is 0 Å². The number of carbonyl (C=O) groups excluding carboxylic acids is 2. The number of nitrogens with zero attached hydrogens (tertiary/aromatic N) is 2. The van der Waals surface area contributed by atoms with Crippen molar-refractivity contribution in [2.45, 2.75) is 18.8 Å².